The summed E-state index contributed by atoms with van der Waals surface area (Å²) in [6.07, 6.45) is 12.7. The first-order chi connectivity index (χ1) is 22.4. The summed E-state index contributed by atoms with van der Waals surface area (Å²) in [6, 6.07) is 0. The summed E-state index contributed by atoms with van der Waals surface area (Å²) in [4.78, 5) is 44.3. The highest BCUT2D eigenvalue weighted by atomic mass is 16.5. The fourth-order valence-electron chi connectivity index (χ4n) is 9.02. The van der Waals surface area contributed by atoms with Gasteiger partial charge in [0.25, 0.3) is 0 Å². The third-order valence-corrected chi connectivity index (χ3v) is 12.5. The van der Waals surface area contributed by atoms with Gasteiger partial charge in [0.05, 0.1) is 36.4 Å². The number of rotatable bonds is 2. The number of ketones is 2. The first-order valence-electron chi connectivity index (χ1n) is 18.7. The molecule has 2 bridgehead atoms. The molecule has 0 radical (unpaired) electrons. The third-order valence-electron chi connectivity index (χ3n) is 12.5. The van der Waals surface area contributed by atoms with Gasteiger partial charge in [-0.15, -0.1) is 0 Å². The van der Waals surface area contributed by atoms with E-state index in [0.29, 0.717) is 38.0 Å². The second-order valence-electron chi connectivity index (χ2n) is 17.0. The fraction of sp³-hybridized carbons (Fsp3) is 0.780. The number of carbonyl (C=O) groups excluding carboxylic acids is 3. The number of aliphatic hydroxyl groups is 2. The molecule has 0 amide bonds. The normalized spacial score (nSPS) is 43.1. The monoisotopic (exact) mass is 668 g/mol. The van der Waals surface area contributed by atoms with E-state index in [9.17, 15) is 19.8 Å². The molecule has 1 saturated heterocycles. The Hall–Kier alpha value is -2.09. The Kier molecular flexibility index (Phi) is 12.4. The van der Waals surface area contributed by atoms with Gasteiger partial charge in [0.15, 0.2) is 5.78 Å². The van der Waals surface area contributed by atoms with Gasteiger partial charge in [-0.2, -0.15) is 0 Å². The highest BCUT2D eigenvalue weighted by molar-refractivity contribution is 6.10. The molecule has 4 rings (SSSR count). The first kappa shape index (κ1) is 38.7. The van der Waals surface area contributed by atoms with E-state index in [-0.39, 0.29) is 42.2 Å². The van der Waals surface area contributed by atoms with Gasteiger partial charge in [0, 0.05) is 18.8 Å². The number of fused-ring (bicyclic) bond motifs is 5. The summed E-state index contributed by atoms with van der Waals surface area (Å²) in [5, 5.41) is 23.1. The maximum atomic E-state index is 15.2. The number of esters is 1. The van der Waals surface area contributed by atoms with Gasteiger partial charge < -0.3 is 19.7 Å². The zero-order valence-electron chi connectivity index (χ0n) is 31.3. The predicted molar refractivity (Wildman–Crippen MR) is 189 cm³/mol. The molecule has 2 aliphatic carbocycles. The van der Waals surface area contributed by atoms with E-state index in [1.807, 2.05) is 32.1 Å². The molecule has 48 heavy (non-hydrogen) atoms. The van der Waals surface area contributed by atoms with Gasteiger partial charge in [0.1, 0.15) is 11.2 Å². The smallest absolute Gasteiger partial charge is 0.321 e. The summed E-state index contributed by atoms with van der Waals surface area (Å²) in [7, 11) is 1.33. The maximum absolute atomic E-state index is 15.2. The van der Waals surface area contributed by atoms with Crippen LogP contribution in [-0.4, -0.2) is 58.3 Å². The van der Waals surface area contributed by atoms with E-state index in [2.05, 4.69) is 27.7 Å². The lowest BCUT2D eigenvalue weighted by Gasteiger charge is -2.47. The lowest BCUT2D eigenvalue weighted by Crippen LogP contribution is -2.56. The Bertz CT molecular complexity index is 1290. The van der Waals surface area contributed by atoms with Crippen molar-refractivity contribution in [3.05, 3.63) is 34.9 Å². The van der Waals surface area contributed by atoms with Crippen LogP contribution in [0.25, 0.3) is 0 Å². The maximum Gasteiger partial charge on any atom is 0.321 e. The zero-order chi connectivity index (χ0) is 35.6. The Balaban J connectivity index is 1.97. The third kappa shape index (κ3) is 8.10. The summed E-state index contributed by atoms with van der Waals surface area (Å²) >= 11 is 0. The van der Waals surface area contributed by atoms with E-state index in [1.54, 1.807) is 13.8 Å². The predicted octanol–water partition coefficient (Wildman–Crippen LogP) is 7.87. The molecule has 270 valence electrons. The lowest BCUT2D eigenvalue weighted by molar-refractivity contribution is -0.214. The Morgan fingerprint density at radius 2 is 1.56 bits per heavy atom. The Labute approximate surface area is 290 Å². The van der Waals surface area contributed by atoms with E-state index in [4.69, 9.17) is 9.47 Å². The van der Waals surface area contributed by atoms with Crippen molar-refractivity contribution < 1.29 is 34.1 Å². The molecule has 0 spiro atoms. The van der Waals surface area contributed by atoms with Gasteiger partial charge in [-0.3, -0.25) is 14.4 Å². The molecule has 1 unspecified atom stereocenters. The van der Waals surface area contributed by atoms with Gasteiger partial charge in [-0.25, -0.2) is 0 Å². The molecule has 0 aromatic carbocycles. The molecule has 2 aliphatic heterocycles. The SMILES string of the molecule is COC(=O)[C@@]12C(=O)C[C@H](C(C)C)CC[C@@H](C)CCC[C@@H](C)CC(=O)[C@@H]1C=C(C)/C1=C\C[C@@](C)(O)[C@@H]3CC[C@](C)(O)[C@@H](CC/C(C)=C/C12)O3. The largest absolute Gasteiger partial charge is 0.468 e. The first-order valence-corrected chi connectivity index (χ1v) is 18.7. The average Bonchev–Trinajstić information content (AvgIpc) is 3.00. The number of hydrogen-bond donors (Lipinski definition) is 2. The molecule has 0 aromatic rings. The number of methoxy groups -OCH3 is 1. The Morgan fingerprint density at radius 1 is 0.896 bits per heavy atom. The average molecular weight is 669 g/mol. The number of Topliss-reactive ketones (excluding diaryl/α,β-unsaturated/α-hetero) is 2. The topological polar surface area (TPSA) is 110 Å². The summed E-state index contributed by atoms with van der Waals surface area (Å²) in [5.74, 6) is -1.74. The van der Waals surface area contributed by atoms with Gasteiger partial charge in [0.2, 0.25) is 0 Å². The molecule has 2 N–H and O–H groups in total. The van der Waals surface area contributed by atoms with Crippen molar-refractivity contribution in [3.8, 4) is 0 Å². The van der Waals surface area contributed by atoms with E-state index in [0.717, 1.165) is 48.8 Å². The van der Waals surface area contributed by atoms with Crippen LogP contribution >= 0.6 is 0 Å². The minimum absolute atomic E-state index is 0.0642. The Morgan fingerprint density at radius 3 is 2.23 bits per heavy atom. The molecule has 0 aromatic heterocycles. The van der Waals surface area contributed by atoms with E-state index < -0.39 is 46.6 Å². The molecule has 2 heterocycles. The van der Waals surface area contributed by atoms with Gasteiger partial charge >= 0.3 is 5.97 Å². The van der Waals surface area contributed by atoms with Crippen LogP contribution in [0, 0.1) is 40.9 Å². The van der Waals surface area contributed by atoms with Crippen molar-refractivity contribution in [2.45, 2.75) is 156 Å². The van der Waals surface area contributed by atoms with Gasteiger partial charge in [-0.1, -0.05) is 82.8 Å². The van der Waals surface area contributed by atoms with Crippen molar-refractivity contribution in [1.82, 2.24) is 0 Å². The van der Waals surface area contributed by atoms with Crippen molar-refractivity contribution >= 4 is 17.5 Å². The van der Waals surface area contributed by atoms with Crippen LogP contribution in [0.1, 0.15) is 132 Å². The second-order valence-corrected chi connectivity index (χ2v) is 17.0. The van der Waals surface area contributed by atoms with Crippen LogP contribution < -0.4 is 0 Å². The van der Waals surface area contributed by atoms with Crippen LogP contribution in [0.5, 0.6) is 0 Å². The minimum atomic E-state index is -1.77. The fourth-order valence-corrected chi connectivity index (χ4v) is 9.02. The quantitative estimate of drug-likeness (QED) is 0.175. The summed E-state index contributed by atoms with van der Waals surface area (Å²) in [6.45, 7) is 16.2. The van der Waals surface area contributed by atoms with Crippen LogP contribution in [0.15, 0.2) is 34.9 Å². The van der Waals surface area contributed by atoms with Crippen LogP contribution in [0.3, 0.4) is 0 Å². The highest BCUT2D eigenvalue weighted by Gasteiger charge is 2.62. The lowest BCUT2D eigenvalue weighted by atomic mass is 9.54. The molecular formula is C41H64O7. The standard InChI is InChI=1S/C41H64O7/c1-25(2)30-15-13-26(3)11-10-12-27(4)22-34(42)33-23-29(6)31-17-19-39(7,45)37-18-20-40(8,46)36(48-37)16-14-28(5)21-32(31)41(33,35(43)24-30)38(44)47-9/h17,21,23,25-27,30,32-33,36-37,45-46H,10-16,18-20,22,24H2,1-9H3/b28-21+,31-17+/t26-,27+,30+,32?,33-,36+,37-,39+,40-,41+/m0/s1. The van der Waals surface area contributed by atoms with Gasteiger partial charge in [-0.05, 0) is 95.5 Å². The molecule has 10 atom stereocenters. The molecule has 4 aliphatic rings. The summed E-state index contributed by atoms with van der Waals surface area (Å²) in [5.41, 5.74) is -1.48. The zero-order valence-corrected chi connectivity index (χ0v) is 31.3. The molecule has 7 nitrogen and oxygen atoms in total. The van der Waals surface area contributed by atoms with Crippen LogP contribution in [-0.2, 0) is 23.9 Å². The molecule has 7 heteroatoms. The summed E-state index contributed by atoms with van der Waals surface area (Å²) < 4.78 is 12.0. The van der Waals surface area contributed by atoms with Crippen molar-refractivity contribution in [2.75, 3.05) is 7.11 Å². The number of carbonyl (C=O) groups is 3. The van der Waals surface area contributed by atoms with Crippen molar-refractivity contribution in [3.63, 3.8) is 0 Å². The van der Waals surface area contributed by atoms with E-state index >= 15 is 4.79 Å². The van der Waals surface area contributed by atoms with Crippen molar-refractivity contribution in [1.29, 1.82) is 0 Å². The van der Waals surface area contributed by atoms with Crippen molar-refractivity contribution in [2.24, 2.45) is 40.9 Å². The van der Waals surface area contributed by atoms with E-state index in [1.165, 1.54) is 7.11 Å². The highest BCUT2D eigenvalue weighted by Crippen LogP contribution is 2.53. The van der Waals surface area contributed by atoms with Crippen LogP contribution in [0.4, 0.5) is 0 Å². The number of ether oxygens (including phenoxy) is 2. The number of allylic oxidation sites excluding steroid dienone is 5. The molecular weight excluding hydrogens is 604 g/mol. The molecule has 2 fully saturated rings. The number of hydrogen-bond acceptors (Lipinski definition) is 7. The minimum Gasteiger partial charge on any atom is -0.468 e. The second kappa shape index (κ2) is 15.4. The molecule has 1 saturated carbocycles. The van der Waals surface area contributed by atoms with Crippen LogP contribution in [0.2, 0.25) is 0 Å².